The van der Waals surface area contributed by atoms with Gasteiger partial charge in [-0.3, -0.25) is 4.90 Å². The van der Waals surface area contributed by atoms with E-state index in [4.69, 9.17) is 4.74 Å². The topological polar surface area (TPSA) is 24.5 Å². The lowest BCUT2D eigenvalue weighted by Crippen LogP contribution is -2.45. The van der Waals surface area contributed by atoms with Gasteiger partial charge in [-0.1, -0.05) is 25.1 Å². The van der Waals surface area contributed by atoms with Crippen LogP contribution in [-0.4, -0.2) is 37.7 Å². The number of para-hydroxylation sites is 1. The van der Waals surface area contributed by atoms with E-state index in [1.807, 2.05) is 0 Å². The zero-order valence-electron chi connectivity index (χ0n) is 11.8. The van der Waals surface area contributed by atoms with Crippen molar-refractivity contribution in [3.05, 3.63) is 29.8 Å². The second-order valence-electron chi connectivity index (χ2n) is 6.30. The molecule has 1 N–H and O–H groups in total. The van der Waals surface area contributed by atoms with Crippen molar-refractivity contribution in [2.75, 3.05) is 38.2 Å². The molecule has 0 atom stereocenters. The molecule has 2 heterocycles. The van der Waals surface area contributed by atoms with E-state index in [0.717, 1.165) is 26.3 Å². The minimum absolute atomic E-state index is 0.320. The van der Waals surface area contributed by atoms with Crippen LogP contribution < -0.4 is 5.32 Å². The summed E-state index contributed by atoms with van der Waals surface area (Å²) in [5.74, 6) is 0. The third-order valence-electron chi connectivity index (χ3n) is 4.22. The standard InChI is InChI=1S/C16H24N2O/c1-16(12-19-13-16)11-17-15-7-3-2-6-14(15)10-18-8-4-5-9-18/h2-3,6-7,17H,4-5,8-13H2,1H3. The number of nitrogens with one attached hydrogen (secondary N) is 1. The molecule has 19 heavy (non-hydrogen) atoms. The fourth-order valence-corrected chi connectivity index (χ4v) is 2.87. The minimum Gasteiger partial charge on any atom is -0.384 e. The van der Waals surface area contributed by atoms with E-state index in [1.165, 1.54) is 37.2 Å². The first kappa shape index (κ1) is 12.9. The summed E-state index contributed by atoms with van der Waals surface area (Å²) in [7, 11) is 0. The van der Waals surface area contributed by atoms with Crippen molar-refractivity contribution < 1.29 is 4.74 Å². The van der Waals surface area contributed by atoms with Crippen molar-refractivity contribution in [2.45, 2.75) is 26.3 Å². The summed E-state index contributed by atoms with van der Waals surface area (Å²) in [4.78, 5) is 2.55. The molecule has 2 saturated heterocycles. The van der Waals surface area contributed by atoms with Crippen LogP contribution in [0.5, 0.6) is 0 Å². The van der Waals surface area contributed by atoms with Crippen molar-refractivity contribution >= 4 is 5.69 Å². The summed E-state index contributed by atoms with van der Waals surface area (Å²) in [6.45, 7) is 8.63. The van der Waals surface area contributed by atoms with Gasteiger partial charge < -0.3 is 10.1 Å². The molecule has 0 radical (unpaired) electrons. The van der Waals surface area contributed by atoms with Crippen LogP contribution in [0.3, 0.4) is 0 Å². The van der Waals surface area contributed by atoms with E-state index in [0.29, 0.717) is 5.41 Å². The lowest BCUT2D eigenvalue weighted by Gasteiger charge is -2.38. The molecule has 3 rings (SSSR count). The maximum atomic E-state index is 5.32. The number of anilines is 1. The van der Waals surface area contributed by atoms with Crippen molar-refractivity contribution in [3.63, 3.8) is 0 Å². The highest BCUT2D eigenvalue weighted by molar-refractivity contribution is 5.51. The Bertz CT molecular complexity index is 423. The third kappa shape index (κ3) is 3.10. The highest BCUT2D eigenvalue weighted by Gasteiger charge is 2.33. The third-order valence-corrected chi connectivity index (χ3v) is 4.22. The van der Waals surface area contributed by atoms with E-state index in [9.17, 15) is 0 Å². The molecule has 0 aliphatic carbocycles. The largest absolute Gasteiger partial charge is 0.384 e. The molecule has 104 valence electrons. The fourth-order valence-electron chi connectivity index (χ4n) is 2.87. The average Bonchev–Trinajstić information content (AvgIpc) is 2.88. The molecular formula is C16H24N2O. The van der Waals surface area contributed by atoms with Crippen LogP contribution in [0.15, 0.2) is 24.3 Å². The molecule has 1 aromatic carbocycles. The molecule has 3 heteroatoms. The van der Waals surface area contributed by atoms with Gasteiger partial charge in [0.05, 0.1) is 13.2 Å². The molecule has 0 aromatic heterocycles. The lowest BCUT2D eigenvalue weighted by atomic mass is 9.88. The highest BCUT2D eigenvalue weighted by Crippen LogP contribution is 2.28. The van der Waals surface area contributed by atoms with Crippen LogP contribution in [0.25, 0.3) is 0 Å². The quantitative estimate of drug-likeness (QED) is 0.881. The number of likely N-dealkylation sites (tertiary alicyclic amines) is 1. The van der Waals surface area contributed by atoms with Gasteiger partial charge in [-0.15, -0.1) is 0 Å². The maximum absolute atomic E-state index is 5.32. The average molecular weight is 260 g/mol. The van der Waals surface area contributed by atoms with Gasteiger partial charge in [0.1, 0.15) is 0 Å². The Labute approximate surface area is 115 Å². The number of hydrogen-bond acceptors (Lipinski definition) is 3. The zero-order valence-corrected chi connectivity index (χ0v) is 11.8. The molecule has 2 fully saturated rings. The van der Waals surface area contributed by atoms with Gasteiger partial charge in [0.15, 0.2) is 0 Å². The van der Waals surface area contributed by atoms with Crippen LogP contribution >= 0.6 is 0 Å². The van der Waals surface area contributed by atoms with Crippen LogP contribution in [0.2, 0.25) is 0 Å². The second kappa shape index (κ2) is 5.51. The van der Waals surface area contributed by atoms with Crippen LogP contribution in [0.4, 0.5) is 5.69 Å². The first-order valence-corrected chi connectivity index (χ1v) is 7.37. The van der Waals surface area contributed by atoms with Crippen molar-refractivity contribution in [3.8, 4) is 0 Å². The zero-order chi connectivity index (χ0) is 13.1. The SMILES string of the molecule is CC1(CNc2ccccc2CN2CCCC2)COC1. The molecule has 1 aromatic rings. The summed E-state index contributed by atoms with van der Waals surface area (Å²) >= 11 is 0. The Morgan fingerprint density at radius 2 is 1.95 bits per heavy atom. The first-order chi connectivity index (χ1) is 9.25. The van der Waals surface area contributed by atoms with E-state index in [2.05, 4.69) is 41.4 Å². The molecular weight excluding hydrogens is 236 g/mol. The van der Waals surface area contributed by atoms with Gasteiger partial charge in [-0.25, -0.2) is 0 Å². The lowest BCUT2D eigenvalue weighted by molar-refractivity contribution is -0.0924. The van der Waals surface area contributed by atoms with Gasteiger partial charge in [0.25, 0.3) is 0 Å². The molecule has 3 nitrogen and oxygen atoms in total. The predicted molar refractivity (Wildman–Crippen MR) is 78.4 cm³/mol. The summed E-state index contributed by atoms with van der Waals surface area (Å²) in [6, 6.07) is 8.72. The van der Waals surface area contributed by atoms with Crippen molar-refractivity contribution in [1.82, 2.24) is 4.90 Å². The highest BCUT2D eigenvalue weighted by atomic mass is 16.5. The Morgan fingerprint density at radius 3 is 2.63 bits per heavy atom. The minimum atomic E-state index is 0.320. The molecule has 0 spiro atoms. The summed E-state index contributed by atoms with van der Waals surface area (Å²) in [6.07, 6.45) is 2.70. The maximum Gasteiger partial charge on any atom is 0.0559 e. The van der Waals surface area contributed by atoms with Crippen LogP contribution in [-0.2, 0) is 11.3 Å². The normalized spacial score (nSPS) is 22.2. The van der Waals surface area contributed by atoms with Gasteiger partial charge >= 0.3 is 0 Å². The first-order valence-electron chi connectivity index (χ1n) is 7.37. The Hall–Kier alpha value is -1.06. The Kier molecular flexibility index (Phi) is 3.76. The fraction of sp³-hybridized carbons (Fsp3) is 0.625. The predicted octanol–water partition coefficient (Wildman–Crippen LogP) is 2.73. The smallest absolute Gasteiger partial charge is 0.0559 e. The second-order valence-corrected chi connectivity index (χ2v) is 6.30. The summed E-state index contributed by atoms with van der Waals surface area (Å²) in [5, 5.41) is 3.62. The number of rotatable bonds is 5. The number of benzene rings is 1. The summed E-state index contributed by atoms with van der Waals surface area (Å²) < 4.78 is 5.32. The van der Waals surface area contributed by atoms with Crippen LogP contribution in [0, 0.1) is 5.41 Å². The molecule has 2 aliphatic rings. The molecule has 0 amide bonds. The number of ether oxygens (including phenoxy) is 1. The van der Waals surface area contributed by atoms with E-state index in [1.54, 1.807) is 0 Å². The molecule has 2 aliphatic heterocycles. The van der Waals surface area contributed by atoms with E-state index >= 15 is 0 Å². The van der Waals surface area contributed by atoms with E-state index in [-0.39, 0.29) is 0 Å². The molecule has 0 unspecified atom stereocenters. The Balaban J connectivity index is 1.62. The van der Waals surface area contributed by atoms with Gasteiger partial charge in [0, 0.05) is 24.2 Å². The molecule has 0 saturated carbocycles. The number of nitrogens with zero attached hydrogens (tertiary/aromatic N) is 1. The van der Waals surface area contributed by atoms with Gasteiger partial charge in [-0.05, 0) is 37.6 Å². The van der Waals surface area contributed by atoms with Crippen molar-refractivity contribution in [1.29, 1.82) is 0 Å². The van der Waals surface area contributed by atoms with Gasteiger partial charge in [0.2, 0.25) is 0 Å². The monoisotopic (exact) mass is 260 g/mol. The summed E-state index contributed by atoms with van der Waals surface area (Å²) in [5.41, 5.74) is 3.04. The van der Waals surface area contributed by atoms with Crippen LogP contribution in [0.1, 0.15) is 25.3 Å². The van der Waals surface area contributed by atoms with Gasteiger partial charge in [-0.2, -0.15) is 0 Å². The van der Waals surface area contributed by atoms with Crippen molar-refractivity contribution in [2.24, 2.45) is 5.41 Å². The number of hydrogen-bond donors (Lipinski definition) is 1. The van der Waals surface area contributed by atoms with E-state index < -0.39 is 0 Å². The molecule has 0 bridgehead atoms. The Morgan fingerprint density at radius 1 is 1.21 bits per heavy atom.